The number of hydrogen-bond donors (Lipinski definition) is 2. The molecule has 1 aromatic rings. The van der Waals surface area contributed by atoms with Crippen molar-refractivity contribution in [2.45, 2.75) is 26.2 Å². The molecule has 0 atom stereocenters. The standard InChI is InChI=1S/C12H20N2O2S/c1-2-3-7-16-8-4-6-14-12(15)11-10(13)5-9-17-11/h5,9H,2-4,6-8,13H2,1H3,(H,14,15). The Kier molecular flexibility index (Phi) is 6.65. The number of nitrogen functional groups attached to an aromatic ring is 1. The van der Waals surface area contributed by atoms with Crippen molar-refractivity contribution in [3.05, 3.63) is 16.3 Å². The van der Waals surface area contributed by atoms with Crippen molar-refractivity contribution in [2.75, 3.05) is 25.5 Å². The fourth-order valence-corrected chi connectivity index (χ4v) is 2.04. The van der Waals surface area contributed by atoms with E-state index >= 15 is 0 Å². The van der Waals surface area contributed by atoms with Gasteiger partial charge in [-0.2, -0.15) is 0 Å². The third-order valence-corrected chi connectivity index (χ3v) is 3.22. The normalized spacial score (nSPS) is 10.4. The molecule has 1 rings (SSSR count). The van der Waals surface area contributed by atoms with Crippen LogP contribution in [-0.2, 0) is 4.74 Å². The number of carbonyl (C=O) groups is 1. The Morgan fingerprint density at radius 1 is 1.47 bits per heavy atom. The molecule has 0 aliphatic carbocycles. The van der Waals surface area contributed by atoms with E-state index in [-0.39, 0.29) is 5.91 Å². The van der Waals surface area contributed by atoms with Crippen LogP contribution >= 0.6 is 11.3 Å². The predicted octanol–water partition coefficient (Wildman–Crippen LogP) is 2.27. The third kappa shape index (κ3) is 5.19. The van der Waals surface area contributed by atoms with Crippen molar-refractivity contribution < 1.29 is 9.53 Å². The number of nitrogens with two attached hydrogens (primary N) is 1. The number of thiophene rings is 1. The van der Waals surface area contributed by atoms with Crippen LogP contribution in [-0.4, -0.2) is 25.7 Å². The summed E-state index contributed by atoms with van der Waals surface area (Å²) in [6, 6.07) is 1.74. The van der Waals surface area contributed by atoms with Crippen LogP contribution in [0.25, 0.3) is 0 Å². The van der Waals surface area contributed by atoms with Gasteiger partial charge in [-0.15, -0.1) is 11.3 Å². The number of unbranched alkanes of at least 4 members (excludes halogenated alkanes) is 1. The van der Waals surface area contributed by atoms with E-state index in [1.54, 1.807) is 6.07 Å². The van der Waals surface area contributed by atoms with Crippen LogP contribution in [0.5, 0.6) is 0 Å². The fourth-order valence-electron chi connectivity index (χ4n) is 1.31. The van der Waals surface area contributed by atoms with Gasteiger partial charge >= 0.3 is 0 Å². The van der Waals surface area contributed by atoms with E-state index in [0.29, 0.717) is 23.7 Å². The van der Waals surface area contributed by atoms with E-state index in [9.17, 15) is 4.79 Å². The maximum atomic E-state index is 11.6. The lowest BCUT2D eigenvalue weighted by molar-refractivity contribution is 0.0945. The fraction of sp³-hybridized carbons (Fsp3) is 0.583. The van der Waals surface area contributed by atoms with Crippen LogP contribution in [0.15, 0.2) is 11.4 Å². The molecule has 0 aliphatic heterocycles. The van der Waals surface area contributed by atoms with Gasteiger partial charge in [-0.25, -0.2) is 0 Å². The number of amides is 1. The lowest BCUT2D eigenvalue weighted by Crippen LogP contribution is -2.25. The van der Waals surface area contributed by atoms with E-state index in [1.807, 2.05) is 5.38 Å². The Hall–Kier alpha value is -1.07. The molecule has 0 radical (unpaired) electrons. The van der Waals surface area contributed by atoms with Crippen LogP contribution < -0.4 is 11.1 Å². The summed E-state index contributed by atoms with van der Waals surface area (Å²) in [5, 5.41) is 4.65. The molecule has 0 fully saturated rings. The minimum absolute atomic E-state index is 0.0916. The molecule has 17 heavy (non-hydrogen) atoms. The number of hydrogen-bond acceptors (Lipinski definition) is 4. The summed E-state index contributed by atoms with van der Waals surface area (Å²) in [6.45, 7) is 4.26. The van der Waals surface area contributed by atoms with Crippen molar-refractivity contribution in [1.29, 1.82) is 0 Å². The highest BCUT2D eigenvalue weighted by Gasteiger charge is 2.09. The highest BCUT2D eigenvalue weighted by atomic mass is 32.1. The molecule has 5 heteroatoms. The molecule has 3 N–H and O–H groups in total. The summed E-state index contributed by atoms with van der Waals surface area (Å²) in [7, 11) is 0. The molecular weight excluding hydrogens is 236 g/mol. The first-order valence-corrected chi connectivity index (χ1v) is 6.82. The second kappa shape index (κ2) is 8.08. The summed E-state index contributed by atoms with van der Waals surface area (Å²) in [5.41, 5.74) is 6.20. The largest absolute Gasteiger partial charge is 0.397 e. The van der Waals surface area contributed by atoms with Crippen molar-refractivity contribution in [1.82, 2.24) is 5.32 Å². The molecule has 1 aromatic heterocycles. The monoisotopic (exact) mass is 256 g/mol. The van der Waals surface area contributed by atoms with Gasteiger partial charge in [0, 0.05) is 19.8 Å². The first-order chi connectivity index (χ1) is 8.25. The van der Waals surface area contributed by atoms with Gasteiger partial charge in [-0.3, -0.25) is 4.79 Å². The Morgan fingerprint density at radius 3 is 2.88 bits per heavy atom. The van der Waals surface area contributed by atoms with Gasteiger partial charge in [0.25, 0.3) is 5.91 Å². The lowest BCUT2D eigenvalue weighted by Gasteiger charge is -2.05. The molecule has 0 aliphatic rings. The van der Waals surface area contributed by atoms with Crippen molar-refractivity contribution in [2.24, 2.45) is 0 Å². The van der Waals surface area contributed by atoms with E-state index in [0.717, 1.165) is 25.9 Å². The maximum Gasteiger partial charge on any atom is 0.263 e. The van der Waals surface area contributed by atoms with Gasteiger partial charge in [0.1, 0.15) is 4.88 Å². The minimum atomic E-state index is -0.0916. The molecule has 0 bridgehead atoms. The van der Waals surface area contributed by atoms with E-state index < -0.39 is 0 Å². The van der Waals surface area contributed by atoms with Crippen LogP contribution in [0.2, 0.25) is 0 Å². The lowest BCUT2D eigenvalue weighted by atomic mass is 10.3. The van der Waals surface area contributed by atoms with Crippen molar-refractivity contribution in [3.8, 4) is 0 Å². The first kappa shape index (κ1) is 14.0. The molecule has 1 amide bonds. The van der Waals surface area contributed by atoms with E-state index in [2.05, 4.69) is 12.2 Å². The average molecular weight is 256 g/mol. The second-order valence-electron chi connectivity index (χ2n) is 3.78. The van der Waals surface area contributed by atoms with Gasteiger partial charge in [0.15, 0.2) is 0 Å². The zero-order chi connectivity index (χ0) is 12.5. The van der Waals surface area contributed by atoms with Gasteiger partial charge in [0.05, 0.1) is 5.69 Å². The number of ether oxygens (including phenoxy) is 1. The summed E-state index contributed by atoms with van der Waals surface area (Å²) >= 11 is 1.36. The quantitative estimate of drug-likeness (QED) is 0.701. The van der Waals surface area contributed by atoms with Crippen LogP contribution in [0, 0.1) is 0 Å². The van der Waals surface area contributed by atoms with Gasteiger partial charge in [-0.05, 0) is 24.3 Å². The molecule has 0 unspecified atom stereocenters. The minimum Gasteiger partial charge on any atom is -0.397 e. The SMILES string of the molecule is CCCCOCCCNC(=O)c1sccc1N. The summed E-state index contributed by atoms with van der Waals surface area (Å²) in [6.07, 6.45) is 3.08. The summed E-state index contributed by atoms with van der Waals surface area (Å²) in [4.78, 5) is 12.2. The van der Waals surface area contributed by atoms with E-state index in [4.69, 9.17) is 10.5 Å². The number of nitrogens with one attached hydrogen (secondary N) is 1. The summed E-state index contributed by atoms with van der Waals surface area (Å²) < 4.78 is 5.40. The molecule has 0 saturated heterocycles. The predicted molar refractivity (Wildman–Crippen MR) is 71.4 cm³/mol. The zero-order valence-corrected chi connectivity index (χ0v) is 11.0. The Morgan fingerprint density at radius 2 is 2.24 bits per heavy atom. The highest BCUT2D eigenvalue weighted by molar-refractivity contribution is 7.12. The van der Waals surface area contributed by atoms with Crippen LogP contribution in [0.4, 0.5) is 5.69 Å². The smallest absolute Gasteiger partial charge is 0.263 e. The van der Waals surface area contributed by atoms with Crippen LogP contribution in [0.3, 0.4) is 0 Å². The Balaban J connectivity index is 2.07. The van der Waals surface area contributed by atoms with Gasteiger partial charge in [0.2, 0.25) is 0 Å². The summed E-state index contributed by atoms with van der Waals surface area (Å²) in [5.74, 6) is -0.0916. The first-order valence-electron chi connectivity index (χ1n) is 5.94. The number of rotatable bonds is 8. The Labute approximate surface area is 106 Å². The van der Waals surface area contributed by atoms with Gasteiger partial charge in [-0.1, -0.05) is 13.3 Å². The third-order valence-electron chi connectivity index (χ3n) is 2.30. The molecule has 96 valence electrons. The number of carbonyl (C=O) groups excluding carboxylic acids is 1. The topological polar surface area (TPSA) is 64.3 Å². The van der Waals surface area contributed by atoms with E-state index in [1.165, 1.54) is 11.3 Å². The molecule has 1 heterocycles. The van der Waals surface area contributed by atoms with Crippen molar-refractivity contribution in [3.63, 3.8) is 0 Å². The molecule has 0 spiro atoms. The average Bonchev–Trinajstić information content (AvgIpc) is 2.74. The number of anilines is 1. The molecule has 0 saturated carbocycles. The molecular formula is C12H20N2O2S. The maximum absolute atomic E-state index is 11.6. The van der Waals surface area contributed by atoms with Gasteiger partial charge < -0.3 is 15.8 Å². The van der Waals surface area contributed by atoms with Crippen LogP contribution in [0.1, 0.15) is 35.9 Å². The molecule has 0 aromatic carbocycles. The highest BCUT2D eigenvalue weighted by Crippen LogP contribution is 2.18. The van der Waals surface area contributed by atoms with Crippen molar-refractivity contribution >= 4 is 22.9 Å². The Bertz CT molecular complexity index is 339. The zero-order valence-electron chi connectivity index (χ0n) is 10.2. The second-order valence-corrected chi connectivity index (χ2v) is 4.70. The molecule has 4 nitrogen and oxygen atoms in total.